The van der Waals surface area contributed by atoms with E-state index in [9.17, 15) is 93.0 Å². The number of carboxylic acid groups (broad SMARTS) is 1. The van der Waals surface area contributed by atoms with E-state index >= 15 is 0 Å². The lowest BCUT2D eigenvalue weighted by Gasteiger charge is -2.42. The van der Waals surface area contributed by atoms with Crippen molar-refractivity contribution in [1.29, 1.82) is 0 Å². The Bertz CT molecular complexity index is 1040. The van der Waals surface area contributed by atoms with E-state index in [2.05, 4.69) is 0 Å². The van der Waals surface area contributed by atoms with Crippen molar-refractivity contribution >= 4 is 16.0 Å². The Kier molecular flexibility index (Phi) is 9.94. The summed E-state index contributed by atoms with van der Waals surface area (Å²) in [6, 6.07) is 0. The molecule has 1 atom stereocenters. The van der Waals surface area contributed by atoms with Crippen LogP contribution in [0.2, 0.25) is 0 Å². The molecule has 0 aliphatic heterocycles. The van der Waals surface area contributed by atoms with Crippen molar-refractivity contribution < 1.29 is 103 Å². The molecule has 3 N–H and O–H groups in total. The molecule has 0 aliphatic carbocycles. The molecular weight excluding hydrogens is 643 g/mol. The Morgan fingerprint density at radius 1 is 0.700 bits per heavy atom. The van der Waals surface area contributed by atoms with Gasteiger partial charge in [0.05, 0.1) is 14.1 Å². The molecule has 0 radical (unpaired) electrons. The Hall–Kier alpha value is -1.89. The van der Waals surface area contributed by atoms with Crippen LogP contribution in [0.1, 0.15) is 0 Å². The van der Waals surface area contributed by atoms with Crippen LogP contribution in [-0.4, -0.2) is 116 Å². The fraction of sp³-hybridized carbons (Fsp3) is 0.933. The van der Waals surface area contributed by atoms with Gasteiger partial charge in [0.2, 0.25) is 0 Å². The predicted octanol–water partition coefficient (Wildman–Crippen LogP) is 3.39. The third kappa shape index (κ3) is 6.00. The van der Waals surface area contributed by atoms with E-state index in [1.807, 2.05) is 0 Å². The number of hydrogen-bond acceptors (Lipinski definition) is 4. The van der Waals surface area contributed by atoms with Gasteiger partial charge in [-0.25, -0.2) is 17.9 Å². The summed E-state index contributed by atoms with van der Waals surface area (Å²) in [6.45, 7) is -3.71. The Morgan fingerprint density at radius 3 is 1.35 bits per heavy atom. The van der Waals surface area contributed by atoms with Crippen LogP contribution in [0.5, 0.6) is 0 Å². The number of carbonyl (C=O) groups is 1. The first-order valence-corrected chi connectivity index (χ1v) is 10.9. The zero-order valence-corrected chi connectivity index (χ0v) is 19.9. The molecule has 0 aliphatic rings. The van der Waals surface area contributed by atoms with Gasteiger partial charge in [-0.2, -0.15) is 74.6 Å². The molecule has 7 nitrogen and oxygen atoms in total. The maximum absolute atomic E-state index is 13.9. The highest BCUT2D eigenvalue weighted by molar-refractivity contribution is 7.90. The fourth-order valence-electron chi connectivity index (χ4n) is 2.68. The fourth-order valence-corrected chi connectivity index (χ4v) is 3.74. The van der Waals surface area contributed by atoms with Crippen molar-refractivity contribution in [3.63, 3.8) is 0 Å². The second kappa shape index (κ2) is 10.4. The highest BCUT2D eigenvalue weighted by atomic mass is 32.2. The molecule has 0 spiro atoms. The summed E-state index contributed by atoms with van der Waals surface area (Å²) in [5.74, 6) is -53.8. The number of alkyl halides is 17. The lowest BCUT2D eigenvalue weighted by atomic mass is 9.91. The number of sulfonamides is 1. The summed E-state index contributed by atoms with van der Waals surface area (Å²) >= 11 is 0. The molecule has 0 saturated carbocycles. The van der Waals surface area contributed by atoms with Gasteiger partial charge in [-0.3, -0.25) is 0 Å². The smallest absolute Gasteiger partial charge is 0.460 e. The van der Waals surface area contributed by atoms with E-state index in [1.54, 1.807) is 0 Å². The number of halogens is 17. The molecule has 0 fully saturated rings. The Balaban J connectivity index is 6.49. The predicted molar refractivity (Wildman–Crippen MR) is 93.1 cm³/mol. The van der Waals surface area contributed by atoms with E-state index in [0.29, 0.717) is 0 Å². The number of likely N-dealkylation sites (N-methyl/N-ethyl adjacent to an activating group) is 1. The normalized spacial score (nSPS) is 16.7. The number of aliphatic hydroxyl groups is 1. The number of aliphatic hydroxyl groups excluding tert-OH is 1. The van der Waals surface area contributed by atoms with E-state index < -0.39 is 93.2 Å². The number of carboxylic acids is 1. The van der Waals surface area contributed by atoms with Crippen LogP contribution in [0, 0.1) is 0 Å². The molecule has 0 amide bonds. The number of nitrogens with one attached hydrogen (secondary N) is 1. The van der Waals surface area contributed by atoms with E-state index in [-0.39, 0.29) is 4.72 Å². The Labute approximate surface area is 211 Å². The second-order valence-corrected chi connectivity index (χ2v) is 10.4. The zero-order chi connectivity index (χ0) is 33.0. The number of aliphatic carboxylic acids is 1. The molecule has 0 aromatic carbocycles. The quantitative estimate of drug-likeness (QED) is 0.196. The molecule has 0 aromatic heterocycles. The van der Waals surface area contributed by atoms with Gasteiger partial charge in [-0.05, 0) is 0 Å². The second-order valence-electron chi connectivity index (χ2n) is 8.64. The number of nitrogens with zero attached hydrogens (tertiary/aromatic N) is 1. The van der Waals surface area contributed by atoms with Gasteiger partial charge in [0.25, 0.3) is 10.0 Å². The van der Waals surface area contributed by atoms with Gasteiger partial charge in [-0.1, -0.05) is 0 Å². The standard InChI is InChI=1S/C15H15F17N2O5S/c1-34(2,5-7(36)37)4-6(35)3-33-40(38,39)15(31,32)13(26,27)11(22,23)9(18,19)8(16,17)10(20,21)12(24,25)14(28,29)30/h6,33,35H,3-5H2,1-2H3/p+1. The topological polar surface area (TPSA) is 104 Å². The van der Waals surface area contributed by atoms with Gasteiger partial charge in [-0.15, -0.1) is 0 Å². The first-order chi connectivity index (χ1) is 17.0. The van der Waals surface area contributed by atoms with Crippen LogP contribution in [0.3, 0.4) is 0 Å². The van der Waals surface area contributed by atoms with Crippen LogP contribution >= 0.6 is 0 Å². The van der Waals surface area contributed by atoms with Crippen LogP contribution in [0.25, 0.3) is 0 Å². The molecule has 0 saturated heterocycles. The van der Waals surface area contributed by atoms with Crippen LogP contribution < -0.4 is 4.72 Å². The summed E-state index contributed by atoms with van der Waals surface area (Å²) in [6.07, 6.45) is -10.3. The minimum atomic E-state index is -8.95. The van der Waals surface area contributed by atoms with E-state index in [1.165, 1.54) is 0 Å². The average molecular weight is 659 g/mol. The van der Waals surface area contributed by atoms with Gasteiger partial charge >= 0.3 is 52.9 Å². The van der Waals surface area contributed by atoms with Gasteiger partial charge in [0.1, 0.15) is 12.6 Å². The molecule has 25 heteroatoms. The van der Waals surface area contributed by atoms with E-state index in [0.717, 1.165) is 14.1 Å². The van der Waals surface area contributed by atoms with Gasteiger partial charge < -0.3 is 14.7 Å². The number of quaternary nitrogens is 1. The van der Waals surface area contributed by atoms with Crippen LogP contribution in [0.15, 0.2) is 0 Å². The maximum atomic E-state index is 13.9. The van der Waals surface area contributed by atoms with Crippen molar-refractivity contribution in [2.75, 3.05) is 33.7 Å². The zero-order valence-electron chi connectivity index (χ0n) is 19.1. The highest BCUT2D eigenvalue weighted by Gasteiger charge is 2.96. The Morgan fingerprint density at radius 2 is 1.02 bits per heavy atom. The molecule has 0 aromatic rings. The average Bonchev–Trinajstić information content (AvgIpc) is 2.69. The third-order valence-corrected chi connectivity index (χ3v) is 6.29. The van der Waals surface area contributed by atoms with Crippen molar-refractivity contribution in [2.24, 2.45) is 0 Å². The number of rotatable bonds is 14. The molecule has 1 unspecified atom stereocenters. The monoisotopic (exact) mass is 659 g/mol. The summed E-state index contributed by atoms with van der Waals surface area (Å²) in [7, 11) is -5.57. The van der Waals surface area contributed by atoms with Crippen molar-refractivity contribution in [2.45, 2.75) is 53.1 Å². The largest absolute Gasteiger partial charge is 0.477 e. The minimum Gasteiger partial charge on any atom is -0.477 e. The third-order valence-electron chi connectivity index (χ3n) is 4.81. The lowest BCUT2D eigenvalue weighted by Crippen LogP contribution is -2.75. The van der Waals surface area contributed by atoms with E-state index in [4.69, 9.17) is 5.11 Å². The molecule has 0 rings (SSSR count). The van der Waals surface area contributed by atoms with Crippen molar-refractivity contribution in [3.8, 4) is 0 Å². The summed E-state index contributed by atoms with van der Waals surface area (Å²) in [5.41, 5.74) is 0. The SMILES string of the molecule is C[N+](C)(CC(=O)O)CC(O)CNS(=O)(=O)C(F)(F)C(F)(F)C(F)(F)C(F)(F)C(F)(F)C(F)(F)C(F)(F)C(F)(F)F. The summed E-state index contributed by atoms with van der Waals surface area (Å²) in [4.78, 5) is 10.6. The molecule has 0 bridgehead atoms. The van der Waals surface area contributed by atoms with Crippen LogP contribution in [0.4, 0.5) is 74.6 Å². The van der Waals surface area contributed by atoms with Gasteiger partial charge in [0, 0.05) is 6.54 Å². The highest BCUT2D eigenvalue weighted by Crippen LogP contribution is 2.64. The molecular formula is C15H16F17N2O5S+. The first kappa shape index (κ1) is 38.1. The summed E-state index contributed by atoms with van der Waals surface area (Å²) < 4.78 is 248. The number of hydrogen-bond donors (Lipinski definition) is 3. The molecule has 0 heterocycles. The van der Waals surface area contributed by atoms with Crippen LogP contribution in [-0.2, 0) is 14.8 Å². The molecule has 240 valence electrons. The maximum Gasteiger partial charge on any atom is 0.460 e. The minimum absolute atomic E-state index is 0.270. The lowest BCUT2D eigenvalue weighted by molar-refractivity contribution is -0.886. The van der Waals surface area contributed by atoms with Gasteiger partial charge in [0.15, 0.2) is 6.54 Å². The van der Waals surface area contributed by atoms with Crippen molar-refractivity contribution in [3.05, 3.63) is 0 Å². The van der Waals surface area contributed by atoms with Crippen molar-refractivity contribution in [1.82, 2.24) is 4.72 Å². The molecule has 40 heavy (non-hydrogen) atoms. The summed E-state index contributed by atoms with van der Waals surface area (Å²) in [5, 5.41) is 10.5. The first-order valence-electron chi connectivity index (χ1n) is 9.44.